The zero-order chi connectivity index (χ0) is 15.6. The van der Waals surface area contributed by atoms with Gasteiger partial charge in [-0.15, -0.1) is 0 Å². The van der Waals surface area contributed by atoms with E-state index in [0.717, 1.165) is 24.3 Å². The smallest absolute Gasteiger partial charge is 0.416 e. The summed E-state index contributed by atoms with van der Waals surface area (Å²) in [6.45, 7) is 0. The number of Topliss-reactive ketones (excluding diaryl/α,β-unsaturated/α-hetero) is 1. The van der Waals surface area contributed by atoms with Gasteiger partial charge in [0.1, 0.15) is 5.75 Å². The number of hydrogen-bond donors (Lipinski definition) is 1. The molecule has 0 amide bonds. The Hall–Kier alpha value is -1.82. The lowest BCUT2D eigenvalue weighted by Crippen LogP contribution is -2.07. The molecule has 0 saturated carbocycles. The van der Waals surface area contributed by atoms with Gasteiger partial charge < -0.3 is 5.11 Å². The standard InChI is InChI=1S/C15H10BrF3O2/c16-12-5-6-13(20)10(7-12)8-14(21)9-1-3-11(4-2-9)15(17,18)19/h1-7,20H,8H2. The molecule has 2 aromatic carbocycles. The van der Waals surface area contributed by atoms with Crippen LogP contribution in [0.5, 0.6) is 5.75 Å². The number of carbonyl (C=O) groups excluding carboxylic acids is 1. The minimum atomic E-state index is -4.43. The molecule has 0 saturated heterocycles. The van der Waals surface area contributed by atoms with Gasteiger partial charge in [-0.3, -0.25) is 4.79 Å². The lowest BCUT2D eigenvalue weighted by Gasteiger charge is -2.08. The van der Waals surface area contributed by atoms with Crippen molar-refractivity contribution in [1.29, 1.82) is 0 Å². The van der Waals surface area contributed by atoms with Crippen molar-refractivity contribution in [3.05, 3.63) is 63.6 Å². The van der Waals surface area contributed by atoms with Gasteiger partial charge in [-0.2, -0.15) is 13.2 Å². The van der Waals surface area contributed by atoms with Crippen molar-refractivity contribution in [3.8, 4) is 5.75 Å². The van der Waals surface area contributed by atoms with Gasteiger partial charge in [-0.05, 0) is 30.3 Å². The summed E-state index contributed by atoms with van der Waals surface area (Å²) in [6, 6.07) is 8.68. The number of ketones is 1. The Bertz CT molecular complexity index is 664. The number of carbonyl (C=O) groups is 1. The van der Waals surface area contributed by atoms with Crippen LogP contribution in [-0.4, -0.2) is 10.9 Å². The maximum atomic E-state index is 12.4. The number of halogens is 4. The minimum absolute atomic E-state index is 0.0292. The third kappa shape index (κ3) is 3.85. The number of benzene rings is 2. The van der Waals surface area contributed by atoms with Crippen LogP contribution in [0, 0.1) is 0 Å². The molecule has 0 atom stereocenters. The SMILES string of the molecule is O=C(Cc1cc(Br)ccc1O)c1ccc(C(F)(F)F)cc1. The first kappa shape index (κ1) is 15.6. The lowest BCUT2D eigenvalue weighted by molar-refractivity contribution is -0.137. The Morgan fingerprint density at radius 3 is 2.29 bits per heavy atom. The Morgan fingerprint density at radius 1 is 1.10 bits per heavy atom. The van der Waals surface area contributed by atoms with Gasteiger partial charge in [0.05, 0.1) is 5.56 Å². The van der Waals surface area contributed by atoms with Gasteiger partial charge in [0.2, 0.25) is 0 Å². The molecule has 1 N–H and O–H groups in total. The van der Waals surface area contributed by atoms with Crippen molar-refractivity contribution < 1.29 is 23.1 Å². The molecule has 110 valence electrons. The first-order valence-electron chi connectivity index (χ1n) is 5.95. The van der Waals surface area contributed by atoms with Gasteiger partial charge in [-0.1, -0.05) is 28.1 Å². The molecule has 0 aromatic heterocycles. The quantitative estimate of drug-likeness (QED) is 0.814. The van der Waals surface area contributed by atoms with Gasteiger partial charge in [-0.25, -0.2) is 0 Å². The van der Waals surface area contributed by atoms with Crippen LogP contribution >= 0.6 is 15.9 Å². The second-order valence-electron chi connectivity index (χ2n) is 4.45. The van der Waals surface area contributed by atoms with Crippen molar-refractivity contribution >= 4 is 21.7 Å². The normalized spacial score (nSPS) is 11.4. The van der Waals surface area contributed by atoms with E-state index < -0.39 is 11.7 Å². The molecule has 0 bridgehead atoms. The van der Waals surface area contributed by atoms with Crippen LogP contribution in [0.3, 0.4) is 0 Å². The van der Waals surface area contributed by atoms with E-state index in [1.807, 2.05) is 0 Å². The molecule has 0 spiro atoms. The van der Waals surface area contributed by atoms with Crippen molar-refractivity contribution in [2.45, 2.75) is 12.6 Å². The fourth-order valence-electron chi connectivity index (χ4n) is 1.82. The highest BCUT2D eigenvalue weighted by Gasteiger charge is 2.30. The van der Waals surface area contributed by atoms with E-state index in [1.165, 1.54) is 6.07 Å². The molecule has 21 heavy (non-hydrogen) atoms. The number of hydrogen-bond acceptors (Lipinski definition) is 2. The Balaban J connectivity index is 2.19. The van der Waals surface area contributed by atoms with Crippen LogP contribution in [0.4, 0.5) is 13.2 Å². The van der Waals surface area contributed by atoms with Crippen molar-refractivity contribution in [3.63, 3.8) is 0 Å². The summed E-state index contributed by atoms with van der Waals surface area (Å²) in [4.78, 5) is 12.0. The topological polar surface area (TPSA) is 37.3 Å². The van der Waals surface area contributed by atoms with E-state index in [2.05, 4.69) is 15.9 Å². The predicted molar refractivity (Wildman–Crippen MR) is 75.3 cm³/mol. The van der Waals surface area contributed by atoms with E-state index in [-0.39, 0.29) is 23.5 Å². The van der Waals surface area contributed by atoms with Crippen molar-refractivity contribution in [2.24, 2.45) is 0 Å². The summed E-state index contributed by atoms with van der Waals surface area (Å²) < 4.78 is 38.0. The molecule has 0 heterocycles. The molecule has 0 fully saturated rings. The van der Waals surface area contributed by atoms with Crippen LogP contribution < -0.4 is 0 Å². The number of alkyl halides is 3. The second-order valence-corrected chi connectivity index (χ2v) is 5.36. The summed E-state index contributed by atoms with van der Waals surface area (Å²) in [7, 11) is 0. The summed E-state index contributed by atoms with van der Waals surface area (Å²) in [6.07, 6.45) is -4.51. The van der Waals surface area contributed by atoms with Gasteiger partial charge in [0.25, 0.3) is 0 Å². The highest BCUT2D eigenvalue weighted by molar-refractivity contribution is 9.10. The summed E-state index contributed by atoms with van der Waals surface area (Å²) in [5, 5.41) is 9.66. The number of rotatable bonds is 3. The summed E-state index contributed by atoms with van der Waals surface area (Å²) in [5.74, 6) is -0.393. The highest BCUT2D eigenvalue weighted by atomic mass is 79.9. The maximum Gasteiger partial charge on any atom is 0.416 e. The van der Waals surface area contributed by atoms with E-state index >= 15 is 0 Å². The number of phenols is 1. The Labute approximate surface area is 127 Å². The monoisotopic (exact) mass is 358 g/mol. The molecular formula is C15H10BrF3O2. The minimum Gasteiger partial charge on any atom is -0.508 e. The Morgan fingerprint density at radius 2 is 1.71 bits per heavy atom. The third-order valence-corrected chi connectivity index (χ3v) is 3.42. The zero-order valence-electron chi connectivity index (χ0n) is 10.6. The summed E-state index contributed by atoms with van der Waals surface area (Å²) >= 11 is 3.23. The van der Waals surface area contributed by atoms with Crippen LogP contribution in [-0.2, 0) is 12.6 Å². The lowest BCUT2D eigenvalue weighted by atomic mass is 10.0. The van der Waals surface area contributed by atoms with Gasteiger partial charge >= 0.3 is 6.18 Å². The fourth-order valence-corrected chi connectivity index (χ4v) is 2.22. The average molecular weight is 359 g/mol. The maximum absolute atomic E-state index is 12.4. The molecule has 0 radical (unpaired) electrons. The molecule has 6 heteroatoms. The second kappa shape index (κ2) is 5.89. The molecule has 2 rings (SSSR count). The number of aromatic hydroxyl groups is 1. The van der Waals surface area contributed by atoms with Crippen LogP contribution in [0.25, 0.3) is 0 Å². The third-order valence-electron chi connectivity index (χ3n) is 2.93. The van der Waals surface area contributed by atoms with E-state index in [0.29, 0.717) is 10.0 Å². The average Bonchev–Trinajstić information content (AvgIpc) is 2.42. The molecule has 2 nitrogen and oxygen atoms in total. The van der Waals surface area contributed by atoms with E-state index in [1.54, 1.807) is 12.1 Å². The van der Waals surface area contributed by atoms with Gasteiger partial charge in [0.15, 0.2) is 5.78 Å². The largest absolute Gasteiger partial charge is 0.508 e. The van der Waals surface area contributed by atoms with Gasteiger partial charge in [0, 0.05) is 22.0 Å². The predicted octanol–water partition coefficient (Wildman–Crippen LogP) is 4.60. The highest BCUT2D eigenvalue weighted by Crippen LogP contribution is 2.29. The summed E-state index contributed by atoms with van der Waals surface area (Å²) in [5.41, 5.74) is -0.221. The zero-order valence-corrected chi connectivity index (χ0v) is 12.2. The van der Waals surface area contributed by atoms with E-state index in [4.69, 9.17) is 0 Å². The van der Waals surface area contributed by atoms with Crippen molar-refractivity contribution in [2.75, 3.05) is 0 Å². The molecule has 0 aliphatic heterocycles. The van der Waals surface area contributed by atoms with Crippen LogP contribution in [0.1, 0.15) is 21.5 Å². The van der Waals surface area contributed by atoms with Crippen molar-refractivity contribution in [1.82, 2.24) is 0 Å². The fraction of sp³-hybridized carbons (Fsp3) is 0.133. The van der Waals surface area contributed by atoms with Crippen LogP contribution in [0.15, 0.2) is 46.9 Å². The molecular weight excluding hydrogens is 349 g/mol. The molecule has 2 aromatic rings. The first-order chi connectivity index (χ1) is 9.77. The molecule has 0 unspecified atom stereocenters. The van der Waals surface area contributed by atoms with E-state index in [9.17, 15) is 23.1 Å². The number of phenolic OH excluding ortho intramolecular Hbond substituents is 1. The molecule has 0 aliphatic carbocycles. The first-order valence-corrected chi connectivity index (χ1v) is 6.74. The Kier molecular flexibility index (Phi) is 4.37. The van der Waals surface area contributed by atoms with Crippen LogP contribution in [0.2, 0.25) is 0 Å². The molecule has 0 aliphatic rings.